The van der Waals surface area contributed by atoms with Gasteiger partial charge in [-0.3, -0.25) is 14.6 Å². The summed E-state index contributed by atoms with van der Waals surface area (Å²) in [6.45, 7) is 6.26. The van der Waals surface area contributed by atoms with Crippen LogP contribution in [0.2, 0.25) is 0 Å². The van der Waals surface area contributed by atoms with Gasteiger partial charge in [0.2, 0.25) is 0 Å². The number of hydrogen-bond acceptors (Lipinski definition) is 4. The minimum absolute atomic E-state index is 0.101. The number of amides is 1. The SMILES string of the molecule is Cc1cc(C(=O)N2Cc3nc(C)[nH]c(=O)c3C2)c2cccc(C)c2n1. The molecule has 6 heteroatoms. The number of aromatic amines is 1. The number of nitrogens with zero attached hydrogens (tertiary/aromatic N) is 3. The van der Waals surface area contributed by atoms with Crippen LogP contribution in [-0.4, -0.2) is 25.8 Å². The number of hydrogen-bond donors (Lipinski definition) is 1. The smallest absolute Gasteiger partial charge is 0.256 e. The number of para-hydroxylation sites is 1. The van der Waals surface area contributed by atoms with E-state index in [9.17, 15) is 9.59 Å². The number of H-pyrrole nitrogens is 1. The second-order valence-electron chi connectivity index (χ2n) is 6.52. The van der Waals surface area contributed by atoms with E-state index >= 15 is 0 Å². The van der Waals surface area contributed by atoms with Gasteiger partial charge >= 0.3 is 0 Å². The Labute approximate surface area is 144 Å². The molecule has 0 unspecified atom stereocenters. The highest BCUT2D eigenvalue weighted by Gasteiger charge is 2.29. The summed E-state index contributed by atoms with van der Waals surface area (Å²) in [7, 11) is 0. The molecule has 3 aromatic rings. The van der Waals surface area contributed by atoms with E-state index in [1.54, 1.807) is 11.8 Å². The Kier molecular flexibility index (Phi) is 3.42. The fourth-order valence-electron chi connectivity index (χ4n) is 3.40. The molecule has 4 rings (SSSR count). The number of aromatic nitrogens is 3. The minimum Gasteiger partial charge on any atom is -0.328 e. The van der Waals surface area contributed by atoms with E-state index in [4.69, 9.17) is 0 Å². The zero-order chi connectivity index (χ0) is 17.7. The number of benzene rings is 1. The Hall–Kier alpha value is -3.02. The van der Waals surface area contributed by atoms with Crippen LogP contribution in [0.25, 0.3) is 10.9 Å². The fourth-order valence-corrected chi connectivity index (χ4v) is 3.40. The summed E-state index contributed by atoms with van der Waals surface area (Å²) in [5, 5.41) is 0.838. The molecule has 0 bridgehead atoms. The third-order valence-corrected chi connectivity index (χ3v) is 4.60. The molecular weight excluding hydrogens is 316 g/mol. The molecule has 0 fully saturated rings. The van der Waals surface area contributed by atoms with Crippen molar-refractivity contribution < 1.29 is 4.79 Å². The first kappa shape index (κ1) is 15.5. The van der Waals surface area contributed by atoms with Gasteiger partial charge in [-0.05, 0) is 32.4 Å². The maximum absolute atomic E-state index is 13.1. The third-order valence-electron chi connectivity index (χ3n) is 4.60. The highest BCUT2D eigenvalue weighted by Crippen LogP contribution is 2.26. The Bertz CT molecular complexity index is 1080. The van der Waals surface area contributed by atoms with Crippen LogP contribution >= 0.6 is 0 Å². The van der Waals surface area contributed by atoms with Crippen LogP contribution < -0.4 is 5.56 Å². The summed E-state index contributed by atoms with van der Waals surface area (Å²) < 4.78 is 0. The quantitative estimate of drug-likeness (QED) is 0.741. The molecule has 1 N–H and O–H groups in total. The number of fused-ring (bicyclic) bond motifs is 2. The molecule has 126 valence electrons. The zero-order valence-electron chi connectivity index (χ0n) is 14.4. The molecule has 0 saturated carbocycles. The summed E-state index contributed by atoms with van der Waals surface area (Å²) in [6, 6.07) is 7.65. The molecule has 1 aliphatic rings. The van der Waals surface area contributed by atoms with E-state index in [0.29, 0.717) is 29.2 Å². The van der Waals surface area contributed by atoms with Crippen LogP contribution in [0.4, 0.5) is 0 Å². The van der Waals surface area contributed by atoms with Crippen molar-refractivity contribution in [2.24, 2.45) is 0 Å². The van der Waals surface area contributed by atoms with E-state index in [1.165, 1.54) is 0 Å². The molecule has 3 heterocycles. The van der Waals surface area contributed by atoms with Crippen molar-refractivity contribution in [3.63, 3.8) is 0 Å². The largest absolute Gasteiger partial charge is 0.328 e. The number of pyridine rings is 1. The first-order chi connectivity index (χ1) is 11.9. The Balaban J connectivity index is 1.78. The molecule has 25 heavy (non-hydrogen) atoms. The first-order valence-corrected chi connectivity index (χ1v) is 8.19. The second kappa shape index (κ2) is 5.51. The van der Waals surface area contributed by atoms with Gasteiger partial charge in [-0.25, -0.2) is 4.98 Å². The molecule has 6 nitrogen and oxygen atoms in total. The summed E-state index contributed by atoms with van der Waals surface area (Å²) >= 11 is 0. The lowest BCUT2D eigenvalue weighted by atomic mass is 10.0. The van der Waals surface area contributed by atoms with Crippen LogP contribution in [0.5, 0.6) is 0 Å². The van der Waals surface area contributed by atoms with Gasteiger partial charge in [0.25, 0.3) is 11.5 Å². The van der Waals surface area contributed by atoms with Crippen molar-refractivity contribution in [2.45, 2.75) is 33.9 Å². The second-order valence-corrected chi connectivity index (χ2v) is 6.52. The Morgan fingerprint density at radius 2 is 1.96 bits per heavy atom. The normalized spacial score (nSPS) is 13.3. The topological polar surface area (TPSA) is 79.0 Å². The van der Waals surface area contributed by atoms with Gasteiger partial charge in [0.05, 0.1) is 35.4 Å². The van der Waals surface area contributed by atoms with E-state index in [-0.39, 0.29) is 18.0 Å². The zero-order valence-corrected chi connectivity index (χ0v) is 14.4. The van der Waals surface area contributed by atoms with Crippen LogP contribution in [0.1, 0.15) is 38.7 Å². The van der Waals surface area contributed by atoms with Crippen molar-refractivity contribution in [3.05, 3.63) is 68.5 Å². The Morgan fingerprint density at radius 3 is 2.76 bits per heavy atom. The molecule has 1 aliphatic heterocycles. The van der Waals surface area contributed by atoms with Crippen LogP contribution in [0, 0.1) is 20.8 Å². The maximum atomic E-state index is 13.1. The summed E-state index contributed by atoms with van der Waals surface area (Å²) in [4.78, 5) is 38.6. The number of nitrogens with one attached hydrogen (secondary N) is 1. The monoisotopic (exact) mass is 334 g/mol. The van der Waals surface area contributed by atoms with Crippen molar-refractivity contribution in [1.29, 1.82) is 0 Å². The predicted molar refractivity (Wildman–Crippen MR) is 94.4 cm³/mol. The fraction of sp³-hybridized carbons (Fsp3) is 0.263. The summed E-state index contributed by atoms with van der Waals surface area (Å²) in [6.07, 6.45) is 0. The van der Waals surface area contributed by atoms with Crippen LogP contribution in [0.15, 0.2) is 29.1 Å². The first-order valence-electron chi connectivity index (χ1n) is 8.19. The van der Waals surface area contributed by atoms with Gasteiger partial charge in [0, 0.05) is 11.1 Å². The van der Waals surface area contributed by atoms with E-state index in [1.807, 2.05) is 38.1 Å². The minimum atomic E-state index is -0.163. The molecule has 2 aromatic heterocycles. The number of carbonyl (C=O) groups is 1. The number of rotatable bonds is 1. The molecule has 0 atom stereocenters. The van der Waals surface area contributed by atoms with Crippen LogP contribution in [0.3, 0.4) is 0 Å². The summed E-state index contributed by atoms with van der Waals surface area (Å²) in [5.41, 5.74) is 4.39. The van der Waals surface area contributed by atoms with E-state index < -0.39 is 0 Å². The summed E-state index contributed by atoms with van der Waals surface area (Å²) in [5.74, 6) is 0.468. The maximum Gasteiger partial charge on any atom is 0.256 e. The molecule has 0 aliphatic carbocycles. The standard InChI is InChI=1S/C19H18N4O2/c1-10-5-4-6-13-14(7-11(2)20-17(10)13)19(25)23-8-15-16(9-23)21-12(3)22-18(15)24/h4-7H,8-9H2,1-3H3,(H,21,22,24). The van der Waals surface area contributed by atoms with Gasteiger partial charge in [-0.15, -0.1) is 0 Å². The average molecular weight is 334 g/mol. The highest BCUT2D eigenvalue weighted by atomic mass is 16.2. The van der Waals surface area contributed by atoms with Gasteiger partial charge in [-0.1, -0.05) is 18.2 Å². The molecule has 0 saturated heterocycles. The van der Waals surface area contributed by atoms with Crippen molar-refractivity contribution in [3.8, 4) is 0 Å². The van der Waals surface area contributed by atoms with E-state index in [2.05, 4.69) is 15.0 Å². The lowest BCUT2D eigenvalue weighted by molar-refractivity contribution is 0.0752. The van der Waals surface area contributed by atoms with E-state index in [0.717, 1.165) is 22.2 Å². The molecule has 1 amide bonds. The molecule has 1 aromatic carbocycles. The molecular formula is C19H18N4O2. The number of aryl methyl sites for hydroxylation is 3. The lowest BCUT2D eigenvalue weighted by Crippen LogP contribution is -2.26. The van der Waals surface area contributed by atoms with Gasteiger partial charge in [0.15, 0.2) is 0 Å². The lowest BCUT2D eigenvalue weighted by Gasteiger charge is -2.17. The van der Waals surface area contributed by atoms with Crippen molar-refractivity contribution in [1.82, 2.24) is 19.9 Å². The third kappa shape index (κ3) is 2.50. The highest BCUT2D eigenvalue weighted by molar-refractivity contribution is 6.06. The van der Waals surface area contributed by atoms with Crippen LogP contribution in [-0.2, 0) is 13.1 Å². The number of carbonyl (C=O) groups excluding carboxylic acids is 1. The average Bonchev–Trinajstić information content (AvgIpc) is 2.98. The van der Waals surface area contributed by atoms with Gasteiger partial charge < -0.3 is 9.88 Å². The van der Waals surface area contributed by atoms with Gasteiger partial charge in [0.1, 0.15) is 5.82 Å². The Morgan fingerprint density at radius 1 is 1.16 bits per heavy atom. The molecule has 0 radical (unpaired) electrons. The predicted octanol–water partition coefficient (Wildman–Crippen LogP) is 2.40. The van der Waals surface area contributed by atoms with Gasteiger partial charge in [-0.2, -0.15) is 0 Å². The van der Waals surface area contributed by atoms with Crippen molar-refractivity contribution in [2.75, 3.05) is 0 Å². The molecule has 0 spiro atoms. The van der Waals surface area contributed by atoms with Crippen molar-refractivity contribution >= 4 is 16.8 Å².